The molecule has 2 aromatic carbocycles. The van der Waals surface area contributed by atoms with Crippen LogP contribution in [0.25, 0.3) is 0 Å². The molecule has 0 saturated carbocycles. The van der Waals surface area contributed by atoms with Gasteiger partial charge in [0.1, 0.15) is 11.5 Å². The van der Waals surface area contributed by atoms with E-state index in [1.54, 1.807) is 6.07 Å². The number of phenolic OH excluding ortho intramolecular Hbond substituents is 1. The van der Waals surface area contributed by atoms with Crippen molar-refractivity contribution >= 4 is 5.71 Å². The highest BCUT2D eigenvalue weighted by Gasteiger charge is 2.41. The lowest BCUT2D eigenvalue weighted by Crippen LogP contribution is -2.43. The smallest absolute Gasteiger partial charge is 0.190 e. The number of nitrogens with zero attached hydrogens (tertiary/aromatic N) is 2. The predicted octanol–water partition coefficient (Wildman–Crippen LogP) is 4.23. The lowest BCUT2D eigenvalue weighted by Gasteiger charge is -2.39. The molecular weight excluding hydrogens is 300 g/mol. The SMILES string of the molecule is Cc1ccc(O)c(C2=NN3C(C2)c2ccccc2OC3C(C)C)c1. The van der Waals surface area contributed by atoms with Crippen LogP contribution < -0.4 is 4.74 Å². The van der Waals surface area contributed by atoms with Crippen molar-refractivity contribution in [3.8, 4) is 11.5 Å². The Balaban J connectivity index is 1.78. The van der Waals surface area contributed by atoms with Crippen LogP contribution in [0.15, 0.2) is 47.6 Å². The number of benzene rings is 2. The number of aromatic hydroxyl groups is 1. The van der Waals surface area contributed by atoms with Gasteiger partial charge < -0.3 is 9.84 Å². The van der Waals surface area contributed by atoms with Gasteiger partial charge in [-0.15, -0.1) is 0 Å². The topological polar surface area (TPSA) is 45.1 Å². The molecule has 2 heterocycles. The molecule has 4 nitrogen and oxygen atoms in total. The highest BCUT2D eigenvalue weighted by molar-refractivity contribution is 6.04. The molecule has 0 bridgehead atoms. The number of hydrogen-bond donors (Lipinski definition) is 1. The summed E-state index contributed by atoms with van der Waals surface area (Å²) >= 11 is 0. The van der Waals surface area contributed by atoms with E-state index in [1.165, 1.54) is 5.56 Å². The fraction of sp³-hybridized carbons (Fsp3) is 0.350. The van der Waals surface area contributed by atoms with Gasteiger partial charge >= 0.3 is 0 Å². The van der Waals surface area contributed by atoms with Gasteiger partial charge in [-0.05, 0) is 25.1 Å². The molecule has 2 aliphatic heterocycles. The number of ether oxygens (including phenoxy) is 1. The molecule has 0 aliphatic carbocycles. The van der Waals surface area contributed by atoms with Crippen LogP contribution in [-0.4, -0.2) is 22.1 Å². The molecule has 24 heavy (non-hydrogen) atoms. The molecule has 4 heteroatoms. The number of rotatable bonds is 2. The molecular formula is C20H22N2O2. The summed E-state index contributed by atoms with van der Waals surface area (Å²) in [4.78, 5) is 0. The largest absolute Gasteiger partial charge is 0.507 e. The summed E-state index contributed by atoms with van der Waals surface area (Å²) in [5.74, 6) is 1.55. The van der Waals surface area contributed by atoms with Crippen LogP contribution in [0.3, 0.4) is 0 Å². The summed E-state index contributed by atoms with van der Waals surface area (Å²) in [7, 11) is 0. The molecule has 1 N–H and O–H groups in total. The van der Waals surface area contributed by atoms with E-state index < -0.39 is 0 Å². The first-order chi connectivity index (χ1) is 11.5. The highest BCUT2D eigenvalue weighted by atomic mass is 16.5. The number of para-hydroxylation sites is 1. The minimum Gasteiger partial charge on any atom is -0.507 e. The number of hydrazone groups is 1. The molecule has 0 fully saturated rings. The molecule has 0 amide bonds. The van der Waals surface area contributed by atoms with Crippen LogP contribution in [-0.2, 0) is 0 Å². The molecule has 0 radical (unpaired) electrons. The lowest BCUT2D eigenvalue weighted by molar-refractivity contribution is -0.0461. The molecule has 2 unspecified atom stereocenters. The van der Waals surface area contributed by atoms with Crippen molar-refractivity contribution in [2.75, 3.05) is 0 Å². The Bertz CT molecular complexity index is 813. The first kappa shape index (κ1) is 15.1. The average molecular weight is 322 g/mol. The summed E-state index contributed by atoms with van der Waals surface area (Å²) in [6.45, 7) is 6.32. The minimum absolute atomic E-state index is 0.0886. The van der Waals surface area contributed by atoms with E-state index >= 15 is 0 Å². The predicted molar refractivity (Wildman–Crippen MR) is 94.3 cm³/mol. The summed E-state index contributed by atoms with van der Waals surface area (Å²) in [5, 5.41) is 17.2. The molecule has 0 aromatic heterocycles. The molecule has 2 aromatic rings. The third-order valence-electron chi connectivity index (χ3n) is 4.76. The second-order valence-electron chi connectivity index (χ2n) is 6.96. The Morgan fingerprint density at radius 3 is 2.79 bits per heavy atom. The summed E-state index contributed by atoms with van der Waals surface area (Å²) < 4.78 is 6.20. The Hall–Kier alpha value is -2.49. The van der Waals surface area contributed by atoms with Gasteiger partial charge in [-0.2, -0.15) is 5.10 Å². The van der Waals surface area contributed by atoms with E-state index in [4.69, 9.17) is 9.84 Å². The van der Waals surface area contributed by atoms with E-state index in [-0.39, 0.29) is 18.0 Å². The van der Waals surface area contributed by atoms with Crippen LogP contribution >= 0.6 is 0 Å². The van der Waals surface area contributed by atoms with Crippen molar-refractivity contribution < 1.29 is 9.84 Å². The summed E-state index contributed by atoms with van der Waals surface area (Å²) in [6.07, 6.45) is 0.690. The Morgan fingerprint density at radius 1 is 1.21 bits per heavy atom. The first-order valence-corrected chi connectivity index (χ1v) is 8.46. The summed E-state index contributed by atoms with van der Waals surface area (Å²) in [6, 6.07) is 14.0. The maximum Gasteiger partial charge on any atom is 0.190 e. The zero-order chi connectivity index (χ0) is 16.8. The fourth-order valence-corrected chi connectivity index (χ4v) is 3.55. The Labute approximate surface area is 142 Å². The van der Waals surface area contributed by atoms with Gasteiger partial charge in [0.05, 0.1) is 11.8 Å². The van der Waals surface area contributed by atoms with Crippen molar-refractivity contribution in [3.63, 3.8) is 0 Å². The van der Waals surface area contributed by atoms with Crippen LogP contribution in [0, 0.1) is 12.8 Å². The van der Waals surface area contributed by atoms with Gasteiger partial charge in [-0.3, -0.25) is 0 Å². The van der Waals surface area contributed by atoms with Gasteiger partial charge in [0.2, 0.25) is 0 Å². The lowest BCUT2D eigenvalue weighted by atomic mass is 9.95. The average Bonchev–Trinajstić information content (AvgIpc) is 3.01. The Morgan fingerprint density at radius 2 is 2.00 bits per heavy atom. The van der Waals surface area contributed by atoms with Crippen LogP contribution in [0.1, 0.15) is 43.0 Å². The standard InChI is InChI=1S/C20H22N2O2/c1-12(2)20-22-17(14-6-4-5-7-19(14)24-20)11-16(21-22)15-10-13(3)8-9-18(15)23/h4-10,12,17,20,23H,11H2,1-3H3. The molecule has 124 valence electrons. The van der Waals surface area contributed by atoms with E-state index in [9.17, 15) is 5.11 Å². The van der Waals surface area contributed by atoms with Crippen molar-refractivity contribution in [2.45, 2.75) is 39.5 Å². The van der Waals surface area contributed by atoms with Gasteiger partial charge in [0, 0.05) is 23.5 Å². The number of aryl methyl sites for hydroxylation is 1. The third-order valence-corrected chi connectivity index (χ3v) is 4.76. The Kier molecular flexibility index (Phi) is 3.48. The molecule has 4 rings (SSSR count). The van der Waals surface area contributed by atoms with Crippen molar-refractivity contribution in [1.29, 1.82) is 0 Å². The second kappa shape index (κ2) is 5.55. The molecule has 0 saturated heterocycles. The van der Waals surface area contributed by atoms with Gasteiger partial charge in [-0.25, -0.2) is 5.01 Å². The maximum atomic E-state index is 10.3. The number of fused-ring (bicyclic) bond motifs is 3. The molecule has 0 spiro atoms. The minimum atomic E-state index is -0.0886. The van der Waals surface area contributed by atoms with E-state index in [1.807, 2.05) is 37.3 Å². The maximum absolute atomic E-state index is 10.3. The van der Waals surface area contributed by atoms with Crippen LogP contribution in [0.2, 0.25) is 0 Å². The zero-order valence-electron chi connectivity index (χ0n) is 14.2. The van der Waals surface area contributed by atoms with Gasteiger partial charge in [-0.1, -0.05) is 43.7 Å². The van der Waals surface area contributed by atoms with Gasteiger partial charge in [0.25, 0.3) is 0 Å². The quantitative estimate of drug-likeness (QED) is 0.900. The zero-order valence-corrected chi connectivity index (χ0v) is 14.2. The van der Waals surface area contributed by atoms with Crippen molar-refractivity contribution in [3.05, 3.63) is 59.2 Å². The van der Waals surface area contributed by atoms with E-state index in [0.717, 1.165) is 29.0 Å². The highest BCUT2D eigenvalue weighted by Crippen LogP contribution is 2.44. The van der Waals surface area contributed by atoms with Crippen LogP contribution in [0.5, 0.6) is 11.5 Å². The van der Waals surface area contributed by atoms with E-state index in [2.05, 4.69) is 24.9 Å². The second-order valence-corrected chi connectivity index (χ2v) is 6.96. The summed E-state index contributed by atoms with van der Waals surface area (Å²) in [5.41, 5.74) is 4.03. The monoisotopic (exact) mass is 322 g/mol. The number of phenols is 1. The third kappa shape index (κ3) is 2.33. The van der Waals surface area contributed by atoms with Gasteiger partial charge in [0.15, 0.2) is 6.23 Å². The van der Waals surface area contributed by atoms with Crippen molar-refractivity contribution in [2.24, 2.45) is 11.0 Å². The normalized spacial score (nSPS) is 22.0. The first-order valence-electron chi connectivity index (χ1n) is 8.46. The molecule has 2 atom stereocenters. The van der Waals surface area contributed by atoms with Crippen molar-refractivity contribution in [1.82, 2.24) is 5.01 Å². The van der Waals surface area contributed by atoms with Crippen LogP contribution in [0.4, 0.5) is 0 Å². The fourth-order valence-electron chi connectivity index (χ4n) is 3.55. The number of hydrogen-bond acceptors (Lipinski definition) is 4. The molecule has 2 aliphatic rings. The van der Waals surface area contributed by atoms with E-state index in [0.29, 0.717) is 5.92 Å².